The normalized spacial score (nSPS) is 11.7. The van der Waals surface area contributed by atoms with Gasteiger partial charge in [0.15, 0.2) is 0 Å². The van der Waals surface area contributed by atoms with E-state index in [0.717, 1.165) is 0 Å². The van der Waals surface area contributed by atoms with Crippen LogP contribution in [0.4, 0.5) is 34.1 Å². The van der Waals surface area contributed by atoms with Crippen molar-refractivity contribution in [3.05, 3.63) is 131 Å². The maximum Gasteiger partial charge on any atom is 0.337 e. The van der Waals surface area contributed by atoms with Crippen molar-refractivity contribution < 1.29 is 30.0 Å². The first-order valence-corrected chi connectivity index (χ1v) is 13.6. The highest BCUT2D eigenvalue weighted by molar-refractivity contribution is 5.96. The van der Waals surface area contributed by atoms with Crippen LogP contribution in [0.3, 0.4) is 0 Å². The Morgan fingerprint density at radius 3 is 1.24 bits per heavy atom. The Bertz CT molecular complexity index is 1890. The van der Waals surface area contributed by atoms with Crippen molar-refractivity contribution in [2.24, 2.45) is 30.4 Å². The summed E-state index contributed by atoms with van der Waals surface area (Å²) in [5, 5.41) is 55.8. The van der Waals surface area contributed by atoms with E-state index in [9.17, 15) is 30.0 Å². The minimum atomic E-state index is -1.08. The fourth-order valence-corrected chi connectivity index (χ4v) is 4.04. The van der Waals surface area contributed by atoms with E-state index in [1.807, 2.05) is 0 Å². The second-order valence-electron chi connectivity index (χ2n) is 9.57. The standard InChI is InChI=1S/C34H24N6O6/c41-31-17-21(19-35-27-7-3-1-5-25(27)33(43)44)9-15-29(31)39-37-23-11-13-24(14-12-23)38-40-30-16-10-22(18-32(30)42)20-36-28-8-4-2-6-26(28)34(45)46/h1-20,41-42H,(H,43,44)(H,45,46). The Kier molecular flexibility index (Phi) is 9.39. The number of hydrogen-bond acceptors (Lipinski definition) is 10. The van der Waals surface area contributed by atoms with Crippen LogP contribution in [0.25, 0.3) is 0 Å². The molecule has 0 bridgehead atoms. The molecule has 46 heavy (non-hydrogen) atoms. The zero-order valence-electron chi connectivity index (χ0n) is 23.8. The van der Waals surface area contributed by atoms with E-state index < -0.39 is 11.9 Å². The van der Waals surface area contributed by atoms with Crippen LogP contribution in [0.2, 0.25) is 0 Å². The van der Waals surface area contributed by atoms with Gasteiger partial charge in [-0.25, -0.2) is 9.59 Å². The predicted octanol–water partition coefficient (Wildman–Crippen LogP) is 8.83. The van der Waals surface area contributed by atoms with E-state index in [2.05, 4.69) is 30.4 Å². The molecular formula is C34H24N6O6. The molecule has 0 saturated carbocycles. The highest BCUT2D eigenvalue weighted by Crippen LogP contribution is 2.31. The number of phenols is 2. The van der Waals surface area contributed by atoms with Gasteiger partial charge in [0, 0.05) is 12.4 Å². The predicted molar refractivity (Wildman–Crippen MR) is 172 cm³/mol. The average molecular weight is 613 g/mol. The van der Waals surface area contributed by atoms with Gasteiger partial charge < -0.3 is 20.4 Å². The Labute approximate surface area is 261 Å². The van der Waals surface area contributed by atoms with Crippen molar-refractivity contribution in [3.63, 3.8) is 0 Å². The van der Waals surface area contributed by atoms with E-state index in [1.165, 1.54) is 36.7 Å². The fraction of sp³-hybridized carbons (Fsp3) is 0. The van der Waals surface area contributed by atoms with Crippen LogP contribution in [0.5, 0.6) is 11.5 Å². The summed E-state index contributed by atoms with van der Waals surface area (Å²) in [5.41, 5.74) is 3.23. The number of hydrogen-bond donors (Lipinski definition) is 4. The van der Waals surface area contributed by atoms with Crippen molar-refractivity contribution in [3.8, 4) is 11.5 Å². The molecule has 5 rings (SSSR count). The van der Waals surface area contributed by atoms with Gasteiger partial charge in [0.1, 0.15) is 22.9 Å². The number of aromatic carboxylic acids is 2. The molecule has 0 aliphatic rings. The van der Waals surface area contributed by atoms with Crippen molar-refractivity contribution in [2.45, 2.75) is 0 Å². The quantitative estimate of drug-likeness (QED) is 0.0899. The third kappa shape index (κ3) is 7.76. The van der Waals surface area contributed by atoms with Gasteiger partial charge in [-0.1, -0.05) is 36.4 Å². The molecule has 0 heterocycles. The Balaban J connectivity index is 1.21. The molecule has 0 aliphatic carbocycles. The number of carbonyl (C=O) groups is 2. The smallest absolute Gasteiger partial charge is 0.337 e. The summed E-state index contributed by atoms with van der Waals surface area (Å²) in [6.07, 6.45) is 2.89. The highest BCUT2D eigenvalue weighted by atomic mass is 16.4. The van der Waals surface area contributed by atoms with Crippen LogP contribution >= 0.6 is 0 Å². The van der Waals surface area contributed by atoms with Gasteiger partial charge in [0.05, 0.1) is 33.9 Å². The molecule has 0 spiro atoms. The second kappa shape index (κ2) is 14.1. The molecular weight excluding hydrogens is 588 g/mol. The summed E-state index contributed by atoms with van der Waals surface area (Å²) >= 11 is 0. The Hall–Kier alpha value is -6.82. The third-order valence-electron chi connectivity index (χ3n) is 6.37. The topological polar surface area (TPSA) is 189 Å². The minimum Gasteiger partial charge on any atom is -0.506 e. The summed E-state index contributed by atoms with van der Waals surface area (Å²) in [6.45, 7) is 0. The van der Waals surface area contributed by atoms with Crippen molar-refractivity contribution in [1.29, 1.82) is 0 Å². The lowest BCUT2D eigenvalue weighted by Gasteiger charge is -2.02. The number of azo groups is 2. The third-order valence-corrected chi connectivity index (χ3v) is 6.37. The fourth-order valence-electron chi connectivity index (χ4n) is 4.04. The van der Waals surface area contributed by atoms with E-state index >= 15 is 0 Å². The number of benzene rings is 5. The number of rotatable bonds is 10. The van der Waals surface area contributed by atoms with Gasteiger partial charge in [-0.2, -0.15) is 10.2 Å². The maximum absolute atomic E-state index is 11.4. The number of phenolic OH excluding ortho intramolecular Hbond substituents is 2. The van der Waals surface area contributed by atoms with Crippen LogP contribution < -0.4 is 0 Å². The minimum absolute atomic E-state index is 0.0680. The average Bonchev–Trinajstić information content (AvgIpc) is 3.06. The summed E-state index contributed by atoms with van der Waals surface area (Å²) in [4.78, 5) is 31.1. The van der Waals surface area contributed by atoms with Crippen molar-refractivity contribution >= 4 is 58.5 Å². The first kappa shape index (κ1) is 30.6. The lowest BCUT2D eigenvalue weighted by Crippen LogP contribution is -1.96. The van der Waals surface area contributed by atoms with Crippen LogP contribution in [0.1, 0.15) is 31.8 Å². The summed E-state index contributed by atoms with van der Waals surface area (Å²) < 4.78 is 0. The molecule has 4 N–H and O–H groups in total. The zero-order chi connectivity index (χ0) is 32.5. The van der Waals surface area contributed by atoms with Gasteiger partial charge in [-0.05, 0) is 83.9 Å². The zero-order valence-corrected chi connectivity index (χ0v) is 23.8. The molecule has 0 radical (unpaired) electrons. The molecule has 0 amide bonds. The number of para-hydroxylation sites is 2. The van der Waals surface area contributed by atoms with Gasteiger partial charge in [-0.15, -0.1) is 10.2 Å². The summed E-state index contributed by atoms with van der Waals surface area (Å²) in [6, 6.07) is 28.7. The number of nitrogens with zero attached hydrogens (tertiary/aromatic N) is 6. The number of aliphatic imine (C=N–C) groups is 2. The Morgan fingerprint density at radius 2 is 0.870 bits per heavy atom. The van der Waals surface area contributed by atoms with Crippen LogP contribution in [0, 0.1) is 0 Å². The monoisotopic (exact) mass is 612 g/mol. The summed E-state index contributed by atoms with van der Waals surface area (Å²) in [5.74, 6) is -2.43. The molecule has 5 aromatic carbocycles. The van der Waals surface area contributed by atoms with Gasteiger partial charge >= 0.3 is 11.9 Å². The Morgan fingerprint density at radius 1 is 0.478 bits per heavy atom. The van der Waals surface area contributed by atoms with E-state index in [4.69, 9.17) is 0 Å². The molecule has 0 unspecified atom stereocenters. The van der Waals surface area contributed by atoms with Crippen molar-refractivity contribution in [2.75, 3.05) is 0 Å². The second-order valence-corrected chi connectivity index (χ2v) is 9.57. The molecule has 0 aliphatic heterocycles. The lowest BCUT2D eigenvalue weighted by atomic mass is 10.1. The van der Waals surface area contributed by atoms with E-state index in [1.54, 1.807) is 84.9 Å². The van der Waals surface area contributed by atoms with E-state index in [0.29, 0.717) is 33.9 Å². The SMILES string of the molecule is O=C(O)c1ccccc1N=Cc1ccc(N=Nc2ccc(N=Nc3ccc(C=Nc4ccccc4C(=O)O)cc3O)cc2)c(O)c1. The largest absolute Gasteiger partial charge is 0.506 e. The van der Waals surface area contributed by atoms with Gasteiger partial charge in [-0.3, -0.25) is 9.98 Å². The number of carboxylic acid groups (broad SMARTS) is 2. The molecule has 12 nitrogen and oxygen atoms in total. The van der Waals surface area contributed by atoms with Crippen LogP contribution in [-0.2, 0) is 0 Å². The molecule has 0 saturated heterocycles. The molecule has 12 heteroatoms. The van der Waals surface area contributed by atoms with Crippen molar-refractivity contribution in [1.82, 2.24) is 0 Å². The summed E-state index contributed by atoms with van der Waals surface area (Å²) in [7, 11) is 0. The molecule has 5 aromatic rings. The van der Waals surface area contributed by atoms with Crippen LogP contribution in [-0.4, -0.2) is 44.8 Å². The molecule has 0 atom stereocenters. The van der Waals surface area contributed by atoms with Gasteiger partial charge in [0.2, 0.25) is 0 Å². The first-order chi connectivity index (χ1) is 22.3. The maximum atomic E-state index is 11.4. The molecule has 226 valence electrons. The first-order valence-electron chi connectivity index (χ1n) is 13.6. The molecule has 0 fully saturated rings. The van der Waals surface area contributed by atoms with Gasteiger partial charge in [0.25, 0.3) is 0 Å². The highest BCUT2D eigenvalue weighted by Gasteiger charge is 2.09. The van der Waals surface area contributed by atoms with E-state index in [-0.39, 0.29) is 34.0 Å². The number of aromatic hydroxyl groups is 2. The van der Waals surface area contributed by atoms with Crippen LogP contribution in [0.15, 0.2) is 140 Å². The number of carboxylic acids is 2. The lowest BCUT2D eigenvalue weighted by molar-refractivity contribution is 0.0687. The molecule has 0 aromatic heterocycles.